The van der Waals surface area contributed by atoms with Gasteiger partial charge < -0.3 is 10.5 Å². The lowest BCUT2D eigenvalue weighted by Crippen LogP contribution is -2.09. The van der Waals surface area contributed by atoms with Gasteiger partial charge in [0.1, 0.15) is 18.2 Å². The van der Waals surface area contributed by atoms with Crippen molar-refractivity contribution in [2.45, 2.75) is 20.4 Å². The van der Waals surface area contributed by atoms with Crippen molar-refractivity contribution in [2.75, 3.05) is 12.3 Å². The summed E-state index contributed by atoms with van der Waals surface area (Å²) in [6, 6.07) is 7.94. The summed E-state index contributed by atoms with van der Waals surface area (Å²) in [5, 5.41) is 4.09. The topological polar surface area (TPSA) is 53.1 Å². The molecule has 0 aliphatic rings. The quantitative estimate of drug-likeness (QED) is 0.877. The van der Waals surface area contributed by atoms with E-state index in [1.54, 1.807) is 10.7 Å². The van der Waals surface area contributed by atoms with Crippen molar-refractivity contribution in [2.24, 2.45) is 0 Å². The van der Waals surface area contributed by atoms with Crippen LogP contribution in [-0.2, 0) is 6.54 Å². The average molecular weight is 231 g/mol. The number of rotatable bonds is 4. The Labute approximate surface area is 101 Å². The first-order valence-corrected chi connectivity index (χ1v) is 5.64. The van der Waals surface area contributed by atoms with Crippen LogP contribution in [0.15, 0.2) is 30.5 Å². The summed E-state index contributed by atoms with van der Waals surface area (Å²) in [5.41, 5.74) is 7.93. The number of hydrogen-bond donors (Lipinski definition) is 1. The van der Waals surface area contributed by atoms with Crippen LogP contribution in [0, 0.1) is 13.8 Å². The third-order valence-corrected chi connectivity index (χ3v) is 2.57. The van der Waals surface area contributed by atoms with Gasteiger partial charge in [0, 0.05) is 6.20 Å². The van der Waals surface area contributed by atoms with Crippen molar-refractivity contribution in [3.05, 3.63) is 41.6 Å². The van der Waals surface area contributed by atoms with Crippen LogP contribution in [0.1, 0.15) is 11.1 Å². The predicted molar refractivity (Wildman–Crippen MR) is 68.1 cm³/mol. The van der Waals surface area contributed by atoms with Crippen molar-refractivity contribution in [3.63, 3.8) is 0 Å². The number of nitrogens with two attached hydrogens (primary N) is 1. The normalized spacial score (nSPS) is 10.5. The maximum absolute atomic E-state index is 5.70. The third kappa shape index (κ3) is 3.00. The summed E-state index contributed by atoms with van der Waals surface area (Å²) < 4.78 is 7.48. The summed E-state index contributed by atoms with van der Waals surface area (Å²) >= 11 is 0. The molecule has 4 nitrogen and oxygen atoms in total. The van der Waals surface area contributed by atoms with Crippen LogP contribution >= 0.6 is 0 Å². The zero-order valence-electron chi connectivity index (χ0n) is 10.2. The van der Waals surface area contributed by atoms with E-state index in [1.807, 2.05) is 25.3 Å². The van der Waals surface area contributed by atoms with E-state index in [4.69, 9.17) is 10.5 Å². The van der Waals surface area contributed by atoms with Gasteiger partial charge in [0.25, 0.3) is 0 Å². The molecule has 0 bridgehead atoms. The summed E-state index contributed by atoms with van der Waals surface area (Å²) in [5.74, 6) is 1.47. The molecule has 0 unspecified atom stereocenters. The lowest BCUT2D eigenvalue weighted by Gasteiger charge is -2.09. The number of aryl methyl sites for hydroxylation is 2. The second kappa shape index (κ2) is 4.91. The fourth-order valence-electron chi connectivity index (χ4n) is 1.71. The highest BCUT2D eigenvalue weighted by atomic mass is 16.5. The zero-order valence-corrected chi connectivity index (χ0v) is 10.2. The van der Waals surface area contributed by atoms with Crippen molar-refractivity contribution < 1.29 is 4.74 Å². The smallest absolute Gasteiger partial charge is 0.145 e. The molecule has 0 aliphatic heterocycles. The molecule has 1 aromatic heterocycles. The van der Waals surface area contributed by atoms with E-state index < -0.39 is 0 Å². The van der Waals surface area contributed by atoms with Crippen molar-refractivity contribution in [3.8, 4) is 5.75 Å². The van der Waals surface area contributed by atoms with E-state index in [0.717, 1.165) is 11.3 Å². The second-order valence-corrected chi connectivity index (χ2v) is 4.12. The van der Waals surface area contributed by atoms with Crippen LogP contribution in [0.2, 0.25) is 0 Å². The first-order chi connectivity index (χ1) is 8.15. The van der Waals surface area contributed by atoms with Gasteiger partial charge in [-0.1, -0.05) is 17.7 Å². The van der Waals surface area contributed by atoms with Gasteiger partial charge in [-0.15, -0.1) is 0 Å². The highest BCUT2D eigenvalue weighted by Crippen LogP contribution is 2.18. The Bertz CT molecular complexity index is 505. The SMILES string of the molecule is Cc1ccc(OCCn2ccc(N)n2)c(C)c1. The molecule has 4 heteroatoms. The van der Waals surface area contributed by atoms with Crippen LogP contribution in [-0.4, -0.2) is 16.4 Å². The van der Waals surface area contributed by atoms with Crippen molar-refractivity contribution >= 4 is 5.82 Å². The molecular formula is C13H17N3O. The molecule has 1 heterocycles. The van der Waals surface area contributed by atoms with Crippen LogP contribution in [0.3, 0.4) is 0 Å². The summed E-state index contributed by atoms with van der Waals surface area (Å²) in [6.45, 7) is 5.41. The molecule has 17 heavy (non-hydrogen) atoms. The molecule has 0 aliphatic carbocycles. The highest BCUT2D eigenvalue weighted by Gasteiger charge is 2.00. The number of benzene rings is 1. The van der Waals surface area contributed by atoms with Crippen LogP contribution in [0.25, 0.3) is 0 Å². The monoisotopic (exact) mass is 231 g/mol. The summed E-state index contributed by atoms with van der Waals surface area (Å²) in [7, 11) is 0. The first-order valence-electron chi connectivity index (χ1n) is 5.64. The van der Waals surface area contributed by atoms with E-state index in [0.29, 0.717) is 19.0 Å². The number of hydrogen-bond acceptors (Lipinski definition) is 3. The Hall–Kier alpha value is -1.97. The molecule has 1 aromatic carbocycles. The number of nitrogens with zero attached hydrogens (tertiary/aromatic N) is 2. The molecule has 0 saturated heterocycles. The lowest BCUT2D eigenvalue weighted by molar-refractivity contribution is 0.289. The molecule has 0 fully saturated rings. The fraction of sp³-hybridized carbons (Fsp3) is 0.308. The van der Waals surface area contributed by atoms with Gasteiger partial charge in [0.05, 0.1) is 6.54 Å². The van der Waals surface area contributed by atoms with Gasteiger partial charge in [-0.05, 0) is 31.5 Å². The van der Waals surface area contributed by atoms with E-state index in [2.05, 4.69) is 18.1 Å². The number of ether oxygens (including phenoxy) is 1. The Kier molecular flexibility index (Phi) is 3.32. The van der Waals surface area contributed by atoms with Gasteiger partial charge in [-0.2, -0.15) is 5.10 Å². The highest BCUT2D eigenvalue weighted by molar-refractivity contribution is 5.35. The number of anilines is 1. The van der Waals surface area contributed by atoms with Gasteiger partial charge in [-0.25, -0.2) is 0 Å². The van der Waals surface area contributed by atoms with Crippen molar-refractivity contribution in [1.29, 1.82) is 0 Å². The van der Waals surface area contributed by atoms with E-state index in [9.17, 15) is 0 Å². The molecule has 0 atom stereocenters. The molecule has 2 N–H and O–H groups in total. The van der Waals surface area contributed by atoms with E-state index in [-0.39, 0.29) is 0 Å². The molecule has 2 aromatic rings. The number of nitrogen functional groups attached to an aromatic ring is 1. The minimum Gasteiger partial charge on any atom is -0.491 e. The van der Waals surface area contributed by atoms with Gasteiger partial charge in [-0.3, -0.25) is 4.68 Å². The predicted octanol–water partition coefficient (Wildman–Crippen LogP) is 2.16. The molecule has 0 spiro atoms. The largest absolute Gasteiger partial charge is 0.491 e. The molecule has 2 rings (SSSR count). The standard InChI is InChI=1S/C13H17N3O/c1-10-3-4-12(11(2)9-10)17-8-7-16-6-5-13(14)15-16/h3-6,9H,7-8H2,1-2H3,(H2,14,15). The Morgan fingerprint density at radius 2 is 2.12 bits per heavy atom. The van der Waals surface area contributed by atoms with E-state index in [1.165, 1.54) is 5.56 Å². The molecule has 0 amide bonds. The van der Waals surface area contributed by atoms with Crippen LogP contribution < -0.4 is 10.5 Å². The molecule has 0 saturated carbocycles. The van der Waals surface area contributed by atoms with Crippen molar-refractivity contribution in [1.82, 2.24) is 9.78 Å². The Morgan fingerprint density at radius 3 is 2.76 bits per heavy atom. The zero-order chi connectivity index (χ0) is 12.3. The van der Waals surface area contributed by atoms with E-state index >= 15 is 0 Å². The second-order valence-electron chi connectivity index (χ2n) is 4.12. The average Bonchev–Trinajstić information content (AvgIpc) is 2.68. The number of aromatic nitrogens is 2. The third-order valence-electron chi connectivity index (χ3n) is 2.57. The summed E-state index contributed by atoms with van der Waals surface area (Å²) in [4.78, 5) is 0. The molecule has 90 valence electrons. The molecular weight excluding hydrogens is 214 g/mol. The van der Waals surface area contributed by atoms with Gasteiger partial charge in [0.2, 0.25) is 0 Å². The lowest BCUT2D eigenvalue weighted by atomic mass is 10.1. The van der Waals surface area contributed by atoms with Crippen LogP contribution in [0.4, 0.5) is 5.82 Å². The Balaban J connectivity index is 1.90. The maximum Gasteiger partial charge on any atom is 0.145 e. The minimum absolute atomic E-state index is 0.538. The first kappa shape index (κ1) is 11.5. The van der Waals surface area contributed by atoms with Gasteiger partial charge in [0.15, 0.2) is 0 Å². The minimum atomic E-state index is 0.538. The fourth-order valence-corrected chi connectivity index (χ4v) is 1.71. The molecule has 0 radical (unpaired) electrons. The maximum atomic E-state index is 5.70. The van der Waals surface area contributed by atoms with Crippen LogP contribution in [0.5, 0.6) is 5.75 Å². The Morgan fingerprint density at radius 1 is 1.29 bits per heavy atom. The van der Waals surface area contributed by atoms with Gasteiger partial charge >= 0.3 is 0 Å². The summed E-state index contributed by atoms with van der Waals surface area (Å²) in [6.07, 6.45) is 1.85.